The van der Waals surface area contributed by atoms with Crippen LogP contribution in [0.4, 0.5) is 0 Å². The molecule has 1 saturated carbocycles. The van der Waals surface area contributed by atoms with Crippen LogP contribution in [0.2, 0.25) is 0 Å². The number of rotatable bonds is 8. The van der Waals surface area contributed by atoms with Gasteiger partial charge in [-0.1, -0.05) is 54.6 Å². The molecule has 0 spiro atoms. The lowest BCUT2D eigenvalue weighted by Crippen LogP contribution is -2.44. The number of piperidine rings is 1. The molecule has 0 aromatic heterocycles. The van der Waals surface area contributed by atoms with Crippen molar-refractivity contribution in [3.63, 3.8) is 0 Å². The Bertz CT molecular complexity index is 1120. The zero-order valence-electron chi connectivity index (χ0n) is 20.6. The Balaban J connectivity index is 1.11. The van der Waals surface area contributed by atoms with Gasteiger partial charge in [0.2, 0.25) is 0 Å². The van der Waals surface area contributed by atoms with Crippen LogP contribution < -0.4 is 20.7 Å². The molecule has 1 amide bonds. The first-order valence-electron chi connectivity index (χ1n) is 13.1. The van der Waals surface area contributed by atoms with E-state index >= 15 is 0 Å². The third-order valence-corrected chi connectivity index (χ3v) is 7.63. The molecule has 3 atom stereocenters. The maximum atomic E-state index is 12.2. The lowest BCUT2D eigenvalue weighted by Gasteiger charge is -2.23. The highest BCUT2D eigenvalue weighted by Gasteiger charge is 2.27. The monoisotopic (exact) mass is 471 g/mol. The number of nitrogens with one attached hydrogen (secondary N) is 3. The second-order valence-corrected chi connectivity index (χ2v) is 10.1. The first-order valence-corrected chi connectivity index (χ1v) is 13.1. The van der Waals surface area contributed by atoms with Crippen molar-refractivity contribution in [2.24, 2.45) is 0 Å². The van der Waals surface area contributed by atoms with Crippen molar-refractivity contribution in [1.29, 1.82) is 0 Å². The Kier molecular flexibility index (Phi) is 7.65. The number of benzene rings is 3. The van der Waals surface area contributed by atoms with E-state index in [1.807, 2.05) is 12.1 Å². The molecule has 1 heterocycles. The summed E-state index contributed by atoms with van der Waals surface area (Å²) in [7, 11) is 0. The van der Waals surface area contributed by atoms with Gasteiger partial charge in [0, 0.05) is 18.1 Å². The van der Waals surface area contributed by atoms with Crippen LogP contribution in [0.25, 0.3) is 10.8 Å². The predicted octanol–water partition coefficient (Wildman–Crippen LogP) is 5.07. The minimum atomic E-state index is -0.0361. The minimum Gasteiger partial charge on any atom is -0.484 e. The van der Waals surface area contributed by atoms with Crippen LogP contribution in [0, 0.1) is 0 Å². The van der Waals surface area contributed by atoms with E-state index in [9.17, 15) is 4.79 Å². The summed E-state index contributed by atoms with van der Waals surface area (Å²) < 4.78 is 5.74. The van der Waals surface area contributed by atoms with E-state index in [1.165, 1.54) is 34.7 Å². The topological polar surface area (TPSA) is 62.4 Å². The molecule has 1 aliphatic carbocycles. The van der Waals surface area contributed by atoms with Crippen LogP contribution in [0.5, 0.6) is 5.75 Å². The summed E-state index contributed by atoms with van der Waals surface area (Å²) in [5, 5.41) is 12.9. The fraction of sp³-hybridized carbons (Fsp3) is 0.433. The molecule has 35 heavy (non-hydrogen) atoms. The molecular weight excluding hydrogens is 434 g/mol. The van der Waals surface area contributed by atoms with Gasteiger partial charge in [-0.2, -0.15) is 0 Å². The zero-order chi connectivity index (χ0) is 24.0. The highest BCUT2D eigenvalue weighted by molar-refractivity contribution is 5.86. The van der Waals surface area contributed by atoms with Gasteiger partial charge in [-0.3, -0.25) is 4.79 Å². The van der Waals surface area contributed by atoms with Gasteiger partial charge in [-0.25, -0.2) is 0 Å². The van der Waals surface area contributed by atoms with Gasteiger partial charge in [0.05, 0.1) is 0 Å². The van der Waals surface area contributed by atoms with E-state index in [4.69, 9.17) is 4.74 Å². The van der Waals surface area contributed by atoms with Crippen LogP contribution in [0.3, 0.4) is 0 Å². The number of carbonyl (C=O) groups excluding carboxylic acids is 1. The number of fused-ring (bicyclic) bond motifs is 1. The van der Waals surface area contributed by atoms with E-state index in [1.54, 1.807) is 0 Å². The summed E-state index contributed by atoms with van der Waals surface area (Å²) in [4.78, 5) is 12.2. The Hall–Kier alpha value is -2.89. The van der Waals surface area contributed by atoms with Crippen LogP contribution in [0.15, 0.2) is 66.7 Å². The van der Waals surface area contributed by atoms with Gasteiger partial charge in [-0.05, 0) is 92.1 Å². The maximum absolute atomic E-state index is 12.2. The highest BCUT2D eigenvalue weighted by atomic mass is 16.5. The average Bonchev–Trinajstić information content (AvgIpc) is 3.36. The molecule has 5 rings (SSSR count). The second-order valence-electron chi connectivity index (χ2n) is 10.1. The quantitative estimate of drug-likeness (QED) is 0.429. The summed E-state index contributed by atoms with van der Waals surface area (Å²) in [6.07, 6.45) is 5.50. The molecule has 1 aliphatic heterocycles. The van der Waals surface area contributed by atoms with E-state index in [0.717, 1.165) is 38.1 Å². The van der Waals surface area contributed by atoms with Gasteiger partial charge in [0.1, 0.15) is 5.75 Å². The molecule has 3 unspecified atom stereocenters. The number of carbonyl (C=O) groups is 1. The van der Waals surface area contributed by atoms with Gasteiger partial charge in [0.25, 0.3) is 5.91 Å². The summed E-state index contributed by atoms with van der Waals surface area (Å²) in [6, 6.07) is 24.7. The molecule has 0 radical (unpaired) electrons. The number of hydrogen-bond donors (Lipinski definition) is 3. The van der Waals surface area contributed by atoms with Crippen LogP contribution >= 0.6 is 0 Å². The van der Waals surface area contributed by atoms with Crippen molar-refractivity contribution in [2.75, 3.05) is 19.7 Å². The Morgan fingerprint density at radius 1 is 0.943 bits per heavy atom. The Labute approximate surface area is 208 Å². The minimum absolute atomic E-state index is 0.0361. The number of hydrogen-bond acceptors (Lipinski definition) is 4. The van der Waals surface area contributed by atoms with E-state index in [0.29, 0.717) is 18.0 Å². The lowest BCUT2D eigenvalue weighted by atomic mass is 9.96. The summed E-state index contributed by atoms with van der Waals surface area (Å²) in [6.45, 7) is 4.28. The summed E-state index contributed by atoms with van der Waals surface area (Å²) in [5.41, 5.74) is 2.73. The normalized spacial score (nSPS) is 21.6. The Morgan fingerprint density at radius 2 is 1.71 bits per heavy atom. The van der Waals surface area contributed by atoms with Crippen molar-refractivity contribution < 1.29 is 9.53 Å². The molecule has 3 N–H and O–H groups in total. The van der Waals surface area contributed by atoms with E-state index in [-0.39, 0.29) is 18.6 Å². The first kappa shape index (κ1) is 23.8. The van der Waals surface area contributed by atoms with Gasteiger partial charge < -0.3 is 20.7 Å². The largest absolute Gasteiger partial charge is 0.484 e. The third-order valence-electron chi connectivity index (χ3n) is 7.63. The molecule has 184 valence electrons. The second kappa shape index (κ2) is 11.2. The number of amides is 1. The molecule has 1 saturated heterocycles. The van der Waals surface area contributed by atoms with Crippen molar-refractivity contribution in [3.05, 3.63) is 77.9 Å². The summed E-state index contributed by atoms with van der Waals surface area (Å²) in [5.74, 6) is 1.28. The molecule has 3 aromatic rings. The molecule has 5 nitrogen and oxygen atoms in total. The third kappa shape index (κ3) is 6.03. The average molecular weight is 472 g/mol. The van der Waals surface area contributed by atoms with Gasteiger partial charge in [-0.15, -0.1) is 0 Å². The molecular formula is C30H37N3O2. The molecule has 2 aliphatic rings. The molecule has 0 bridgehead atoms. The fourth-order valence-corrected chi connectivity index (χ4v) is 5.73. The van der Waals surface area contributed by atoms with E-state index in [2.05, 4.69) is 77.5 Å². The molecule has 3 aromatic carbocycles. The number of ether oxygens (including phenoxy) is 1. The predicted molar refractivity (Wildman–Crippen MR) is 142 cm³/mol. The highest BCUT2D eigenvalue weighted by Crippen LogP contribution is 2.36. The van der Waals surface area contributed by atoms with Crippen LogP contribution in [-0.2, 0) is 4.79 Å². The van der Waals surface area contributed by atoms with Gasteiger partial charge >= 0.3 is 0 Å². The smallest absolute Gasteiger partial charge is 0.258 e. The van der Waals surface area contributed by atoms with Crippen LogP contribution in [-0.4, -0.2) is 37.7 Å². The van der Waals surface area contributed by atoms with Crippen molar-refractivity contribution in [2.45, 2.75) is 63.1 Å². The standard InChI is InChI=1S/C30H37N3O2/c1-21(28-8-4-6-23-5-2-3-7-29(23)28)32-26-12-9-24(19-26)22-10-13-27(14-11-22)35-20-30(34)33-25-15-17-31-18-16-25/h2-8,10-11,13-14,21,24-26,31-32H,9,12,15-20H2,1H3,(H,33,34). The zero-order valence-corrected chi connectivity index (χ0v) is 20.6. The van der Waals surface area contributed by atoms with Crippen molar-refractivity contribution in [1.82, 2.24) is 16.0 Å². The molecule has 2 fully saturated rings. The lowest BCUT2D eigenvalue weighted by molar-refractivity contribution is -0.123. The fourth-order valence-electron chi connectivity index (χ4n) is 5.73. The molecule has 5 heteroatoms. The van der Waals surface area contributed by atoms with E-state index < -0.39 is 0 Å². The van der Waals surface area contributed by atoms with Crippen molar-refractivity contribution in [3.8, 4) is 5.75 Å². The summed E-state index contributed by atoms with van der Waals surface area (Å²) >= 11 is 0. The van der Waals surface area contributed by atoms with Gasteiger partial charge in [0.15, 0.2) is 6.61 Å². The maximum Gasteiger partial charge on any atom is 0.258 e. The Morgan fingerprint density at radius 3 is 2.54 bits per heavy atom. The van der Waals surface area contributed by atoms with Crippen LogP contribution in [0.1, 0.15) is 62.1 Å². The SMILES string of the molecule is CC(NC1CCC(c2ccc(OCC(=O)NC3CCNCC3)cc2)C1)c1cccc2ccccc12. The van der Waals surface area contributed by atoms with Crippen molar-refractivity contribution >= 4 is 16.7 Å². The first-order chi connectivity index (χ1) is 17.2.